The van der Waals surface area contributed by atoms with Gasteiger partial charge in [0.2, 0.25) is 10.0 Å². The maximum absolute atomic E-state index is 12.6. The van der Waals surface area contributed by atoms with E-state index in [0.29, 0.717) is 25.3 Å². The average molecular weight is 417 g/mol. The Morgan fingerprint density at radius 2 is 1.72 bits per heavy atom. The van der Waals surface area contributed by atoms with Crippen molar-refractivity contribution in [3.8, 4) is 5.75 Å². The SMILES string of the molecule is Cc1ccc(OC[C@@H](C)NC(=O)c2ccc(S(=O)(=O)N3CCCC3)cc2)cc1C. The highest BCUT2D eigenvalue weighted by Crippen LogP contribution is 2.21. The highest BCUT2D eigenvalue weighted by molar-refractivity contribution is 7.89. The number of nitrogens with zero attached hydrogens (tertiary/aromatic N) is 1. The molecule has 0 saturated carbocycles. The van der Waals surface area contributed by atoms with Gasteiger partial charge in [0.15, 0.2) is 0 Å². The van der Waals surface area contributed by atoms with Crippen molar-refractivity contribution >= 4 is 15.9 Å². The monoisotopic (exact) mass is 416 g/mol. The number of ether oxygens (including phenoxy) is 1. The van der Waals surface area contributed by atoms with Crippen LogP contribution in [0.5, 0.6) is 5.75 Å². The number of hydrogen-bond donors (Lipinski definition) is 1. The first kappa shape index (κ1) is 21.3. The van der Waals surface area contributed by atoms with E-state index in [1.807, 2.05) is 39.0 Å². The molecule has 0 aliphatic carbocycles. The van der Waals surface area contributed by atoms with E-state index < -0.39 is 10.0 Å². The van der Waals surface area contributed by atoms with Gasteiger partial charge in [-0.05, 0) is 81.1 Å². The lowest BCUT2D eigenvalue weighted by Gasteiger charge is -2.17. The lowest BCUT2D eigenvalue weighted by atomic mass is 10.1. The third-order valence-electron chi connectivity index (χ3n) is 5.18. The van der Waals surface area contributed by atoms with Gasteiger partial charge in [-0.25, -0.2) is 8.42 Å². The Morgan fingerprint density at radius 1 is 1.07 bits per heavy atom. The van der Waals surface area contributed by atoms with Gasteiger partial charge in [0.1, 0.15) is 12.4 Å². The van der Waals surface area contributed by atoms with Crippen LogP contribution in [0.15, 0.2) is 47.4 Å². The molecule has 0 unspecified atom stereocenters. The molecule has 1 saturated heterocycles. The molecule has 1 aliphatic rings. The molecule has 0 bridgehead atoms. The van der Waals surface area contributed by atoms with Crippen molar-refractivity contribution in [3.05, 3.63) is 59.2 Å². The van der Waals surface area contributed by atoms with Crippen molar-refractivity contribution < 1.29 is 17.9 Å². The molecule has 2 aromatic carbocycles. The van der Waals surface area contributed by atoms with Gasteiger partial charge in [-0.2, -0.15) is 4.31 Å². The van der Waals surface area contributed by atoms with E-state index in [0.717, 1.165) is 24.2 Å². The van der Waals surface area contributed by atoms with Crippen LogP contribution >= 0.6 is 0 Å². The van der Waals surface area contributed by atoms with Gasteiger partial charge in [0.25, 0.3) is 5.91 Å². The maximum atomic E-state index is 12.6. The summed E-state index contributed by atoms with van der Waals surface area (Å²) in [5.74, 6) is 0.511. The molecule has 1 fully saturated rings. The Balaban J connectivity index is 1.56. The van der Waals surface area contributed by atoms with Gasteiger partial charge < -0.3 is 10.1 Å². The first-order valence-electron chi connectivity index (χ1n) is 9.88. The summed E-state index contributed by atoms with van der Waals surface area (Å²) >= 11 is 0. The molecule has 0 spiro atoms. The second-order valence-corrected chi connectivity index (χ2v) is 9.51. The molecule has 1 aliphatic heterocycles. The minimum atomic E-state index is -3.47. The quantitative estimate of drug-likeness (QED) is 0.752. The van der Waals surface area contributed by atoms with Crippen LogP contribution in [-0.4, -0.2) is 44.4 Å². The van der Waals surface area contributed by atoms with Crippen LogP contribution in [0.25, 0.3) is 0 Å². The number of benzene rings is 2. The molecule has 1 amide bonds. The molecule has 2 aromatic rings. The number of rotatable bonds is 7. The van der Waals surface area contributed by atoms with E-state index in [9.17, 15) is 13.2 Å². The minimum absolute atomic E-state index is 0.197. The van der Waals surface area contributed by atoms with E-state index in [4.69, 9.17) is 4.74 Å². The van der Waals surface area contributed by atoms with E-state index in [1.165, 1.54) is 22.0 Å². The van der Waals surface area contributed by atoms with Crippen LogP contribution in [0.1, 0.15) is 41.3 Å². The number of amides is 1. The summed E-state index contributed by atoms with van der Waals surface area (Å²) in [6.07, 6.45) is 1.78. The zero-order chi connectivity index (χ0) is 21.0. The highest BCUT2D eigenvalue weighted by Gasteiger charge is 2.27. The summed E-state index contributed by atoms with van der Waals surface area (Å²) in [6, 6.07) is 11.8. The summed E-state index contributed by atoms with van der Waals surface area (Å²) in [4.78, 5) is 12.7. The third-order valence-corrected chi connectivity index (χ3v) is 7.09. The van der Waals surface area contributed by atoms with Crippen LogP contribution in [0.3, 0.4) is 0 Å². The molecule has 1 heterocycles. The Morgan fingerprint density at radius 3 is 2.34 bits per heavy atom. The first-order chi connectivity index (χ1) is 13.8. The Kier molecular flexibility index (Phi) is 6.59. The summed E-state index contributed by atoms with van der Waals surface area (Å²) in [5, 5.41) is 2.88. The van der Waals surface area contributed by atoms with Gasteiger partial charge in [-0.3, -0.25) is 4.79 Å². The van der Waals surface area contributed by atoms with Crippen LogP contribution in [0, 0.1) is 13.8 Å². The summed E-state index contributed by atoms with van der Waals surface area (Å²) in [6.45, 7) is 7.40. The van der Waals surface area contributed by atoms with Gasteiger partial charge >= 0.3 is 0 Å². The van der Waals surface area contributed by atoms with Crippen LogP contribution in [-0.2, 0) is 10.0 Å². The van der Waals surface area contributed by atoms with Gasteiger partial charge in [-0.15, -0.1) is 0 Å². The molecule has 29 heavy (non-hydrogen) atoms. The molecule has 156 valence electrons. The molecule has 1 atom stereocenters. The van der Waals surface area contributed by atoms with Gasteiger partial charge in [0.05, 0.1) is 10.9 Å². The lowest BCUT2D eigenvalue weighted by Crippen LogP contribution is -2.36. The van der Waals surface area contributed by atoms with Crippen LogP contribution < -0.4 is 10.1 Å². The Hall–Kier alpha value is -2.38. The lowest BCUT2D eigenvalue weighted by molar-refractivity contribution is 0.0926. The zero-order valence-corrected chi connectivity index (χ0v) is 18.0. The smallest absolute Gasteiger partial charge is 0.251 e. The fourth-order valence-electron chi connectivity index (χ4n) is 3.23. The topological polar surface area (TPSA) is 75.7 Å². The van der Waals surface area contributed by atoms with E-state index in [-0.39, 0.29) is 16.8 Å². The largest absolute Gasteiger partial charge is 0.491 e. The third kappa shape index (κ3) is 5.16. The highest BCUT2D eigenvalue weighted by atomic mass is 32.2. The Bertz CT molecular complexity index is 965. The molecule has 7 heteroatoms. The molecule has 0 aromatic heterocycles. The molecule has 6 nitrogen and oxygen atoms in total. The number of sulfonamides is 1. The molecular weight excluding hydrogens is 388 g/mol. The maximum Gasteiger partial charge on any atom is 0.251 e. The van der Waals surface area contributed by atoms with Crippen molar-refractivity contribution in [2.75, 3.05) is 19.7 Å². The summed E-state index contributed by atoms with van der Waals surface area (Å²) < 4.78 is 32.4. The zero-order valence-electron chi connectivity index (χ0n) is 17.1. The second kappa shape index (κ2) is 8.97. The fraction of sp³-hybridized carbons (Fsp3) is 0.409. The van der Waals surface area contributed by atoms with Crippen molar-refractivity contribution in [2.45, 2.75) is 44.6 Å². The second-order valence-electron chi connectivity index (χ2n) is 7.57. The van der Waals surface area contributed by atoms with Crippen molar-refractivity contribution in [1.29, 1.82) is 0 Å². The molecule has 0 radical (unpaired) electrons. The summed E-state index contributed by atoms with van der Waals surface area (Å²) in [5.41, 5.74) is 2.78. The summed E-state index contributed by atoms with van der Waals surface area (Å²) in [7, 11) is -3.47. The minimum Gasteiger partial charge on any atom is -0.491 e. The van der Waals surface area contributed by atoms with Gasteiger partial charge in [0, 0.05) is 18.7 Å². The number of aryl methyl sites for hydroxylation is 2. The number of nitrogens with one attached hydrogen (secondary N) is 1. The molecular formula is C22H28N2O4S. The van der Waals surface area contributed by atoms with Crippen molar-refractivity contribution in [3.63, 3.8) is 0 Å². The van der Waals surface area contributed by atoms with Gasteiger partial charge in [-0.1, -0.05) is 6.07 Å². The number of hydrogen-bond acceptors (Lipinski definition) is 4. The average Bonchev–Trinajstić information content (AvgIpc) is 3.25. The normalized spacial score (nSPS) is 15.8. The predicted molar refractivity (Wildman–Crippen MR) is 113 cm³/mol. The Labute approximate surface area is 172 Å². The fourth-order valence-corrected chi connectivity index (χ4v) is 4.75. The molecule has 1 N–H and O–H groups in total. The predicted octanol–water partition coefficient (Wildman–Crippen LogP) is 3.29. The first-order valence-corrected chi connectivity index (χ1v) is 11.3. The van der Waals surface area contributed by atoms with E-state index >= 15 is 0 Å². The van der Waals surface area contributed by atoms with Crippen molar-refractivity contribution in [1.82, 2.24) is 9.62 Å². The van der Waals surface area contributed by atoms with E-state index in [1.54, 1.807) is 12.1 Å². The standard InChI is InChI=1S/C22H28N2O4S/c1-16-6-9-20(14-17(16)2)28-15-18(3)23-22(25)19-7-10-21(11-8-19)29(26,27)24-12-4-5-13-24/h6-11,14,18H,4-5,12-13,15H2,1-3H3,(H,23,25)/t18-/m1/s1. The van der Waals surface area contributed by atoms with Crippen molar-refractivity contribution in [2.24, 2.45) is 0 Å². The van der Waals surface area contributed by atoms with E-state index in [2.05, 4.69) is 5.32 Å². The van der Waals surface area contributed by atoms with Crippen LogP contribution in [0.2, 0.25) is 0 Å². The number of carbonyl (C=O) groups excluding carboxylic acids is 1. The van der Waals surface area contributed by atoms with Crippen LogP contribution in [0.4, 0.5) is 0 Å². The number of carbonyl (C=O) groups is 1. The molecule has 3 rings (SSSR count).